The molecule has 1 N–H and O–H groups in total. The molecule has 0 atom stereocenters. The van der Waals surface area contributed by atoms with E-state index in [4.69, 9.17) is 4.42 Å². The van der Waals surface area contributed by atoms with Gasteiger partial charge in [0, 0.05) is 16.5 Å². The first kappa shape index (κ1) is 17.6. The molecule has 5 rings (SSSR count). The van der Waals surface area contributed by atoms with Gasteiger partial charge in [-0.05, 0) is 12.1 Å². The molecule has 0 aliphatic carbocycles. The van der Waals surface area contributed by atoms with Gasteiger partial charge in [-0.3, -0.25) is 0 Å². The molecule has 6 nitrogen and oxygen atoms in total. The molecule has 0 radical (unpaired) electrons. The highest BCUT2D eigenvalue weighted by atomic mass is 32.2. The van der Waals surface area contributed by atoms with Crippen molar-refractivity contribution in [1.82, 2.24) is 19.9 Å². The molecule has 0 aliphatic heterocycles. The molecular formula is C21H13FN4O2S. The number of aromatic amines is 1. The molecule has 0 spiro atoms. The number of aromatic nitrogens is 4. The van der Waals surface area contributed by atoms with Gasteiger partial charge in [0.25, 0.3) is 0 Å². The normalized spacial score (nSPS) is 11.3. The minimum atomic E-state index is -0.455. The molecule has 8 heteroatoms. The first-order chi connectivity index (χ1) is 14.2. The van der Waals surface area contributed by atoms with E-state index in [1.54, 1.807) is 42.7 Å². The average molecular weight is 404 g/mol. The number of benzene rings is 2. The number of rotatable bonds is 4. The largest absolute Gasteiger partial charge is 0.426 e. The average Bonchev–Trinajstić information content (AvgIpc) is 3.23. The summed E-state index contributed by atoms with van der Waals surface area (Å²) in [6, 6.07) is 13.5. The molecule has 0 unspecified atom stereocenters. The van der Waals surface area contributed by atoms with Crippen LogP contribution in [0.5, 0.6) is 0 Å². The molecule has 0 aliphatic rings. The topological polar surface area (TPSA) is 84.7 Å². The van der Waals surface area contributed by atoms with Gasteiger partial charge in [-0.2, -0.15) is 0 Å². The lowest BCUT2D eigenvalue weighted by Crippen LogP contribution is -2.05. The highest BCUT2D eigenvalue weighted by Gasteiger charge is 2.19. The Kier molecular flexibility index (Phi) is 4.33. The summed E-state index contributed by atoms with van der Waals surface area (Å²) in [6.45, 7) is 0. The molecule has 0 saturated heterocycles. The number of fused-ring (bicyclic) bond motifs is 2. The molecule has 0 saturated carbocycles. The smallest absolute Gasteiger partial charge is 0.343 e. The zero-order valence-corrected chi connectivity index (χ0v) is 15.7. The monoisotopic (exact) mass is 404 g/mol. The lowest BCUT2D eigenvalue weighted by molar-refractivity contribution is 0.486. The van der Waals surface area contributed by atoms with Crippen LogP contribution in [-0.4, -0.2) is 19.9 Å². The fraction of sp³-hybridized carbons (Fsp3) is 0.0476. The minimum Gasteiger partial charge on any atom is -0.426 e. The number of nitrogens with zero attached hydrogens (tertiary/aromatic N) is 3. The standard InChI is InChI=1S/C21H13FN4O2S/c22-15-8-4-3-7-14(15)17-12-5-1-2-6-13(12)21(27)28-16(17)9-29-20-18-19(24-10-23-18)25-11-26-20/h1-8,10-11H,9H2,(H,23,24,25,26). The van der Waals surface area contributed by atoms with Gasteiger partial charge in [0.1, 0.15) is 28.4 Å². The Morgan fingerprint density at radius 2 is 1.79 bits per heavy atom. The molecular weight excluding hydrogens is 391 g/mol. The molecule has 3 aromatic heterocycles. The van der Waals surface area contributed by atoms with Gasteiger partial charge in [0.05, 0.1) is 17.5 Å². The summed E-state index contributed by atoms with van der Waals surface area (Å²) < 4.78 is 20.3. The van der Waals surface area contributed by atoms with Crippen molar-refractivity contribution in [2.75, 3.05) is 0 Å². The van der Waals surface area contributed by atoms with Gasteiger partial charge < -0.3 is 9.40 Å². The van der Waals surface area contributed by atoms with Crippen molar-refractivity contribution < 1.29 is 8.81 Å². The summed E-state index contributed by atoms with van der Waals surface area (Å²) in [6.07, 6.45) is 2.99. The predicted octanol–water partition coefficient (Wildman–Crippen LogP) is 4.56. The van der Waals surface area contributed by atoms with Crippen LogP contribution >= 0.6 is 11.8 Å². The quantitative estimate of drug-likeness (QED) is 0.349. The van der Waals surface area contributed by atoms with Crippen LogP contribution in [0.3, 0.4) is 0 Å². The third kappa shape index (κ3) is 3.07. The zero-order valence-electron chi connectivity index (χ0n) is 14.9. The molecule has 0 fully saturated rings. The van der Waals surface area contributed by atoms with Crippen molar-refractivity contribution in [2.24, 2.45) is 0 Å². The van der Waals surface area contributed by atoms with Crippen LogP contribution in [0.15, 0.2) is 75.4 Å². The van der Waals surface area contributed by atoms with Crippen molar-refractivity contribution in [3.8, 4) is 11.1 Å². The summed E-state index contributed by atoms with van der Waals surface area (Å²) in [4.78, 5) is 28.1. The molecule has 29 heavy (non-hydrogen) atoms. The van der Waals surface area contributed by atoms with Crippen LogP contribution in [0.25, 0.3) is 33.1 Å². The van der Waals surface area contributed by atoms with E-state index in [0.717, 1.165) is 0 Å². The second-order valence-corrected chi connectivity index (χ2v) is 7.24. The highest BCUT2D eigenvalue weighted by molar-refractivity contribution is 7.98. The van der Waals surface area contributed by atoms with Crippen LogP contribution in [0.4, 0.5) is 4.39 Å². The molecule has 3 heterocycles. The Balaban J connectivity index is 1.67. The summed E-state index contributed by atoms with van der Waals surface area (Å²) in [5.41, 5.74) is 1.75. The fourth-order valence-electron chi connectivity index (χ4n) is 3.29. The van der Waals surface area contributed by atoms with Gasteiger partial charge in [-0.15, -0.1) is 0 Å². The fourth-order valence-corrected chi connectivity index (χ4v) is 4.17. The summed E-state index contributed by atoms with van der Waals surface area (Å²) >= 11 is 1.35. The van der Waals surface area contributed by atoms with Crippen molar-refractivity contribution >= 4 is 33.7 Å². The van der Waals surface area contributed by atoms with Gasteiger partial charge in [0.2, 0.25) is 0 Å². The number of halogens is 1. The second kappa shape index (κ2) is 7.14. The third-order valence-electron chi connectivity index (χ3n) is 4.58. The minimum absolute atomic E-state index is 0.280. The van der Waals surface area contributed by atoms with Gasteiger partial charge in [0.15, 0.2) is 5.65 Å². The van der Waals surface area contributed by atoms with Gasteiger partial charge in [-0.25, -0.2) is 24.1 Å². The van der Waals surface area contributed by atoms with Crippen LogP contribution in [0, 0.1) is 5.82 Å². The number of H-pyrrole nitrogens is 1. The maximum Gasteiger partial charge on any atom is 0.343 e. The lowest BCUT2D eigenvalue weighted by Gasteiger charge is -2.12. The first-order valence-corrected chi connectivity index (χ1v) is 9.77. The van der Waals surface area contributed by atoms with E-state index in [2.05, 4.69) is 19.9 Å². The van der Waals surface area contributed by atoms with E-state index < -0.39 is 5.63 Å². The maximum absolute atomic E-state index is 14.7. The molecule has 142 valence electrons. The van der Waals surface area contributed by atoms with E-state index >= 15 is 0 Å². The Morgan fingerprint density at radius 1 is 1.00 bits per heavy atom. The van der Waals surface area contributed by atoms with Crippen LogP contribution in [0.1, 0.15) is 5.76 Å². The number of hydrogen-bond donors (Lipinski definition) is 1. The van der Waals surface area contributed by atoms with E-state index in [-0.39, 0.29) is 11.6 Å². The predicted molar refractivity (Wildman–Crippen MR) is 109 cm³/mol. The SMILES string of the molecule is O=c1oc(CSc2ncnc3[nH]cnc23)c(-c2ccccc2F)c2ccccc12. The van der Waals surface area contributed by atoms with Crippen molar-refractivity contribution in [3.63, 3.8) is 0 Å². The Morgan fingerprint density at radius 3 is 2.66 bits per heavy atom. The van der Waals surface area contributed by atoms with Crippen LogP contribution in [0.2, 0.25) is 0 Å². The summed E-state index contributed by atoms with van der Waals surface area (Å²) in [7, 11) is 0. The lowest BCUT2D eigenvalue weighted by atomic mass is 9.98. The van der Waals surface area contributed by atoms with E-state index in [1.165, 1.54) is 24.2 Å². The molecule has 0 amide bonds. The van der Waals surface area contributed by atoms with E-state index in [0.29, 0.717) is 43.8 Å². The number of thioether (sulfide) groups is 1. The number of imidazole rings is 1. The Hall–Kier alpha value is -3.52. The van der Waals surface area contributed by atoms with Crippen molar-refractivity contribution in [1.29, 1.82) is 0 Å². The van der Waals surface area contributed by atoms with Crippen molar-refractivity contribution in [3.05, 3.63) is 83.2 Å². The molecule has 0 bridgehead atoms. The van der Waals surface area contributed by atoms with Crippen LogP contribution < -0.4 is 5.63 Å². The van der Waals surface area contributed by atoms with E-state index in [9.17, 15) is 9.18 Å². The van der Waals surface area contributed by atoms with Crippen LogP contribution in [-0.2, 0) is 5.75 Å². The van der Waals surface area contributed by atoms with E-state index in [1.807, 2.05) is 6.07 Å². The third-order valence-corrected chi connectivity index (χ3v) is 5.56. The maximum atomic E-state index is 14.7. The highest BCUT2D eigenvalue weighted by Crippen LogP contribution is 2.35. The van der Waals surface area contributed by atoms with Gasteiger partial charge in [-0.1, -0.05) is 48.2 Å². The summed E-state index contributed by atoms with van der Waals surface area (Å²) in [5.74, 6) is 0.281. The van der Waals surface area contributed by atoms with Crippen molar-refractivity contribution in [2.45, 2.75) is 10.8 Å². The molecule has 5 aromatic rings. The number of nitrogens with one attached hydrogen (secondary N) is 1. The first-order valence-electron chi connectivity index (χ1n) is 8.79. The second-order valence-electron chi connectivity index (χ2n) is 6.28. The van der Waals surface area contributed by atoms with Gasteiger partial charge >= 0.3 is 5.63 Å². The number of hydrogen-bond acceptors (Lipinski definition) is 6. The Bertz CT molecular complexity index is 1410. The molecule has 2 aromatic carbocycles. The zero-order chi connectivity index (χ0) is 19.8. The Labute approximate surface area is 167 Å². The summed E-state index contributed by atoms with van der Waals surface area (Å²) in [5, 5.41) is 1.71.